The Morgan fingerprint density at radius 3 is 2.89 bits per heavy atom. The molecule has 1 unspecified atom stereocenters. The maximum atomic E-state index is 6.15. The maximum Gasteiger partial charge on any atom is 0.194 e. The highest BCUT2D eigenvalue weighted by molar-refractivity contribution is 5.80. The lowest BCUT2D eigenvalue weighted by Gasteiger charge is -2.25. The highest BCUT2D eigenvalue weighted by Gasteiger charge is 2.23. The number of benzene rings is 1. The molecule has 1 aromatic rings. The minimum atomic E-state index is -0.740. The standard InChI is InChI=1S/C13H18N4O/c1-18-11-5-3-2-4-10(11)6-7-13(15)8-9-16-12(14)17-13/h2-5,8-9H,6-7,15H2,1H3,(H3,14,16,17). The number of nitrogens with two attached hydrogens (primary N) is 2. The molecule has 1 atom stereocenters. The summed E-state index contributed by atoms with van der Waals surface area (Å²) >= 11 is 0. The van der Waals surface area contributed by atoms with Crippen molar-refractivity contribution in [2.24, 2.45) is 16.5 Å². The van der Waals surface area contributed by atoms with Crippen molar-refractivity contribution in [2.45, 2.75) is 18.5 Å². The van der Waals surface area contributed by atoms with Gasteiger partial charge in [0.15, 0.2) is 5.96 Å². The second-order valence-electron chi connectivity index (χ2n) is 4.28. The smallest absolute Gasteiger partial charge is 0.194 e. The second kappa shape index (κ2) is 5.10. The van der Waals surface area contributed by atoms with Crippen molar-refractivity contribution in [1.29, 1.82) is 0 Å². The summed E-state index contributed by atoms with van der Waals surface area (Å²) in [6.45, 7) is 0. The van der Waals surface area contributed by atoms with Crippen molar-refractivity contribution in [2.75, 3.05) is 7.11 Å². The van der Waals surface area contributed by atoms with Crippen LogP contribution >= 0.6 is 0 Å². The third kappa shape index (κ3) is 2.81. The molecule has 96 valence electrons. The van der Waals surface area contributed by atoms with Crippen molar-refractivity contribution in [1.82, 2.24) is 5.32 Å². The Morgan fingerprint density at radius 1 is 1.39 bits per heavy atom. The lowest BCUT2D eigenvalue weighted by atomic mass is 9.99. The quantitative estimate of drug-likeness (QED) is 0.730. The zero-order valence-electron chi connectivity index (χ0n) is 10.4. The molecule has 2 rings (SSSR count). The van der Waals surface area contributed by atoms with Crippen LogP contribution in [0.3, 0.4) is 0 Å². The number of ether oxygens (including phenoxy) is 1. The third-order valence-electron chi connectivity index (χ3n) is 2.92. The third-order valence-corrected chi connectivity index (χ3v) is 2.92. The number of nitrogens with zero attached hydrogens (tertiary/aromatic N) is 1. The largest absolute Gasteiger partial charge is 0.496 e. The first-order valence-electron chi connectivity index (χ1n) is 5.83. The van der Waals surface area contributed by atoms with Gasteiger partial charge >= 0.3 is 0 Å². The molecule has 1 aliphatic rings. The zero-order valence-corrected chi connectivity index (χ0v) is 10.4. The lowest BCUT2D eigenvalue weighted by molar-refractivity contribution is 0.406. The van der Waals surface area contributed by atoms with Gasteiger partial charge in [0.2, 0.25) is 0 Å². The van der Waals surface area contributed by atoms with Gasteiger partial charge in [-0.15, -0.1) is 0 Å². The molecule has 0 radical (unpaired) electrons. The molecule has 1 heterocycles. The van der Waals surface area contributed by atoms with E-state index in [0.717, 1.165) is 17.7 Å². The Morgan fingerprint density at radius 2 is 2.17 bits per heavy atom. The molecule has 0 saturated heterocycles. The van der Waals surface area contributed by atoms with Gasteiger partial charge in [-0.1, -0.05) is 18.2 Å². The summed E-state index contributed by atoms with van der Waals surface area (Å²) in [5.41, 5.74) is 12.1. The Labute approximate surface area is 107 Å². The van der Waals surface area contributed by atoms with Crippen molar-refractivity contribution < 1.29 is 4.74 Å². The van der Waals surface area contributed by atoms with Crippen LogP contribution in [0.15, 0.2) is 41.5 Å². The number of hydrogen-bond acceptors (Lipinski definition) is 5. The molecule has 0 saturated carbocycles. The van der Waals surface area contributed by atoms with E-state index in [4.69, 9.17) is 16.2 Å². The summed E-state index contributed by atoms with van der Waals surface area (Å²) in [5, 5.41) is 2.80. The van der Waals surface area contributed by atoms with Crippen LogP contribution in [0.5, 0.6) is 5.75 Å². The molecule has 0 aliphatic carbocycles. The number of methoxy groups -OCH3 is 1. The van der Waals surface area contributed by atoms with E-state index < -0.39 is 5.66 Å². The summed E-state index contributed by atoms with van der Waals surface area (Å²) in [7, 11) is 1.66. The summed E-state index contributed by atoms with van der Waals surface area (Å²) in [5.74, 6) is 1.22. The fourth-order valence-corrected chi connectivity index (χ4v) is 1.95. The topological polar surface area (TPSA) is 85.7 Å². The average Bonchev–Trinajstić information content (AvgIpc) is 2.36. The molecular weight excluding hydrogens is 228 g/mol. The predicted molar refractivity (Wildman–Crippen MR) is 72.1 cm³/mol. The van der Waals surface area contributed by atoms with E-state index in [0.29, 0.717) is 12.4 Å². The van der Waals surface area contributed by atoms with Gasteiger partial charge < -0.3 is 21.5 Å². The van der Waals surface area contributed by atoms with Gasteiger partial charge in [0.1, 0.15) is 11.4 Å². The SMILES string of the molecule is COc1ccccc1CCC1(N)C=CNC(N)=N1. The van der Waals surface area contributed by atoms with E-state index in [1.54, 1.807) is 13.3 Å². The van der Waals surface area contributed by atoms with Gasteiger partial charge in [-0.05, 0) is 30.5 Å². The lowest BCUT2D eigenvalue weighted by Crippen LogP contribution is -2.44. The van der Waals surface area contributed by atoms with Gasteiger partial charge in [-0.25, -0.2) is 4.99 Å². The highest BCUT2D eigenvalue weighted by atomic mass is 16.5. The predicted octanol–water partition coefficient (Wildman–Crippen LogP) is 0.714. The Balaban J connectivity index is 2.07. The van der Waals surface area contributed by atoms with Crippen LogP contribution in [-0.4, -0.2) is 18.7 Å². The van der Waals surface area contributed by atoms with Crippen molar-refractivity contribution in [3.8, 4) is 5.75 Å². The van der Waals surface area contributed by atoms with Crippen LogP contribution in [0.1, 0.15) is 12.0 Å². The van der Waals surface area contributed by atoms with Crippen molar-refractivity contribution in [3.63, 3.8) is 0 Å². The summed E-state index contributed by atoms with van der Waals surface area (Å²) in [6, 6.07) is 7.90. The van der Waals surface area contributed by atoms with Gasteiger partial charge in [-0.2, -0.15) is 0 Å². The first kappa shape index (κ1) is 12.4. The number of aryl methyl sites for hydroxylation is 1. The first-order valence-corrected chi connectivity index (χ1v) is 5.83. The maximum absolute atomic E-state index is 6.15. The Kier molecular flexibility index (Phi) is 3.53. The number of para-hydroxylation sites is 1. The number of rotatable bonds is 4. The monoisotopic (exact) mass is 246 g/mol. The molecule has 5 nitrogen and oxygen atoms in total. The fourth-order valence-electron chi connectivity index (χ4n) is 1.95. The molecule has 5 N–H and O–H groups in total. The molecular formula is C13H18N4O. The Bertz CT molecular complexity index is 484. The average molecular weight is 246 g/mol. The minimum absolute atomic E-state index is 0.347. The zero-order chi connectivity index (χ0) is 13.0. The molecule has 0 spiro atoms. The van der Waals surface area contributed by atoms with Gasteiger partial charge in [0.25, 0.3) is 0 Å². The fraction of sp³-hybridized carbons (Fsp3) is 0.308. The molecule has 0 amide bonds. The highest BCUT2D eigenvalue weighted by Crippen LogP contribution is 2.23. The van der Waals surface area contributed by atoms with Gasteiger partial charge in [-0.3, -0.25) is 0 Å². The van der Waals surface area contributed by atoms with E-state index in [2.05, 4.69) is 10.3 Å². The number of guanidine groups is 1. The second-order valence-corrected chi connectivity index (χ2v) is 4.28. The Hall–Kier alpha value is -2.01. The molecule has 18 heavy (non-hydrogen) atoms. The van der Waals surface area contributed by atoms with Crippen LogP contribution in [0.25, 0.3) is 0 Å². The molecule has 0 aromatic heterocycles. The van der Waals surface area contributed by atoms with E-state index in [9.17, 15) is 0 Å². The molecule has 0 fully saturated rings. The summed E-state index contributed by atoms with van der Waals surface area (Å²) < 4.78 is 5.31. The van der Waals surface area contributed by atoms with Crippen LogP contribution in [0.2, 0.25) is 0 Å². The van der Waals surface area contributed by atoms with Crippen LogP contribution < -0.4 is 21.5 Å². The normalized spacial score (nSPS) is 22.2. The van der Waals surface area contributed by atoms with E-state index >= 15 is 0 Å². The number of aliphatic imine (C=N–C) groups is 1. The first-order chi connectivity index (χ1) is 8.63. The molecule has 1 aromatic carbocycles. The van der Waals surface area contributed by atoms with E-state index in [-0.39, 0.29) is 0 Å². The van der Waals surface area contributed by atoms with Crippen LogP contribution in [0.4, 0.5) is 0 Å². The van der Waals surface area contributed by atoms with Crippen molar-refractivity contribution in [3.05, 3.63) is 42.1 Å². The number of hydrogen-bond donors (Lipinski definition) is 3. The number of nitrogens with one attached hydrogen (secondary N) is 1. The van der Waals surface area contributed by atoms with Crippen LogP contribution in [-0.2, 0) is 6.42 Å². The molecule has 5 heteroatoms. The van der Waals surface area contributed by atoms with E-state index in [1.165, 1.54) is 0 Å². The summed E-state index contributed by atoms with van der Waals surface area (Å²) in [4.78, 5) is 4.22. The molecule has 0 bridgehead atoms. The van der Waals surface area contributed by atoms with Gasteiger partial charge in [0.05, 0.1) is 7.11 Å². The van der Waals surface area contributed by atoms with Crippen molar-refractivity contribution >= 4 is 5.96 Å². The summed E-state index contributed by atoms with van der Waals surface area (Å²) in [6.07, 6.45) is 5.00. The minimum Gasteiger partial charge on any atom is -0.496 e. The van der Waals surface area contributed by atoms with Gasteiger partial charge in [0, 0.05) is 6.20 Å². The molecule has 1 aliphatic heterocycles. The van der Waals surface area contributed by atoms with Crippen LogP contribution in [0, 0.1) is 0 Å². The van der Waals surface area contributed by atoms with E-state index in [1.807, 2.05) is 30.3 Å².